The van der Waals surface area contributed by atoms with E-state index < -0.39 is 34.3 Å². The summed E-state index contributed by atoms with van der Waals surface area (Å²) in [5.41, 5.74) is -1.50. The Morgan fingerprint density at radius 2 is 1.97 bits per heavy atom. The van der Waals surface area contributed by atoms with Gasteiger partial charge in [0.15, 0.2) is 0 Å². The standard InChI is InChI=1S/C24H22B3F3N4O3/c1-13(35)34-9-8-23(11-34,37-24(25,26)27)17-10-16-18(31-12-32-21(16)33(2)22(17)36)7-6-14-4-3-5-15(19(14)28)20(29)30/h3-5,10,12,20H,6-9,11H2,1-2H3. The smallest absolute Gasteiger partial charge is 0.266 e. The van der Waals surface area contributed by atoms with E-state index >= 15 is 0 Å². The first-order valence-corrected chi connectivity index (χ1v) is 11.5. The molecule has 1 aliphatic heterocycles. The van der Waals surface area contributed by atoms with Gasteiger partial charge in [0, 0.05) is 32.3 Å². The van der Waals surface area contributed by atoms with E-state index in [0.717, 1.165) is 6.07 Å². The molecule has 13 heteroatoms. The summed E-state index contributed by atoms with van der Waals surface area (Å²) in [6.07, 6.45) is -1.22. The summed E-state index contributed by atoms with van der Waals surface area (Å²) < 4.78 is 48.0. The zero-order chi connectivity index (χ0) is 27.1. The quantitative estimate of drug-likeness (QED) is 0.459. The molecule has 1 atom stereocenters. The number of likely N-dealkylation sites (tertiary alicyclic amines) is 1. The van der Waals surface area contributed by atoms with Crippen LogP contribution in [0.4, 0.5) is 13.2 Å². The molecule has 6 radical (unpaired) electrons. The number of aromatic nitrogens is 3. The number of fused-ring (bicyclic) bond motifs is 1. The highest BCUT2D eigenvalue weighted by atomic mass is 19.3. The number of nitrogens with zero attached hydrogens (tertiary/aromatic N) is 4. The molecular formula is C24H22B3F3N4O3. The van der Waals surface area contributed by atoms with E-state index in [1.807, 2.05) is 0 Å². The van der Waals surface area contributed by atoms with Gasteiger partial charge in [0.05, 0.1) is 46.9 Å². The molecule has 1 amide bonds. The van der Waals surface area contributed by atoms with E-state index in [1.165, 1.54) is 41.9 Å². The molecule has 2 aromatic heterocycles. The Morgan fingerprint density at radius 1 is 1.24 bits per heavy atom. The van der Waals surface area contributed by atoms with Crippen molar-refractivity contribution in [3.8, 4) is 0 Å². The van der Waals surface area contributed by atoms with Gasteiger partial charge in [0.25, 0.3) is 12.0 Å². The van der Waals surface area contributed by atoms with Crippen LogP contribution in [0.1, 0.15) is 42.2 Å². The number of benzene rings is 1. The maximum absolute atomic E-state index is 14.6. The number of halogens is 3. The van der Waals surface area contributed by atoms with Crippen LogP contribution in [0.3, 0.4) is 0 Å². The van der Waals surface area contributed by atoms with Crippen molar-refractivity contribution in [3.63, 3.8) is 0 Å². The third kappa shape index (κ3) is 5.32. The number of carbonyl (C=O) groups is 1. The topological polar surface area (TPSA) is 77.3 Å². The number of hydrogen-bond acceptors (Lipinski definition) is 5. The van der Waals surface area contributed by atoms with Gasteiger partial charge in [-0.1, -0.05) is 18.2 Å². The van der Waals surface area contributed by atoms with Crippen LogP contribution < -0.4 is 5.56 Å². The summed E-state index contributed by atoms with van der Waals surface area (Å²) in [7, 11) is 18.8. The van der Waals surface area contributed by atoms with Crippen LogP contribution in [0.5, 0.6) is 0 Å². The number of pyridine rings is 1. The van der Waals surface area contributed by atoms with Crippen molar-refractivity contribution < 1.29 is 22.7 Å². The van der Waals surface area contributed by atoms with Crippen LogP contribution in [0.2, 0.25) is 0 Å². The Kier molecular flexibility index (Phi) is 7.29. The molecule has 7 nitrogen and oxygen atoms in total. The van der Waals surface area contributed by atoms with E-state index in [4.69, 9.17) is 28.3 Å². The van der Waals surface area contributed by atoms with Gasteiger partial charge < -0.3 is 9.64 Å². The van der Waals surface area contributed by atoms with Crippen LogP contribution in [0, 0.1) is 5.82 Å². The summed E-state index contributed by atoms with van der Waals surface area (Å²) in [4.78, 5) is 35.5. The number of alkyl halides is 2. The second kappa shape index (κ2) is 10.0. The average molecular weight is 504 g/mol. The molecule has 1 aliphatic rings. The van der Waals surface area contributed by atoms with Crippen molar-refractivity contribution in [2.24, 2.45) is 7.05 Å². The van der Waals surface area contributed by atoms with E-state index in [1.54, 1.807) is 6.07 Å². The fraction of sp³-hybridized carbons (Fsp3) is 0.417. The average Bonchev–Trinajstić information content (AvgIpc) is 3.24. The molecule has 1 aromatic carbocycles. The van der Waals surface area contributed by atoms with E-state index in [0.29, 0.717) is 16.7 Å². The first kappa shape index (κ1) is 27.0. The molecule has 37 heavy (non-hydrogen) atoms. The Labute approximate surface area is 215 Å². The first-order chi connectivity index (χ1) is 17.3. The van der Waals surface area contributed by atoms with Gasteiger partial charge in [0.2, 0.25) is 5.91 Å². The zero-order valence-electron chi connectivity index (χ0n) is 20.4. The van der Waals surface area contributed by atoms with Crippen molar-refractivity contribution in [1.29, 1.82) is 0 Å². The lowest BCUT2D eigenvalue weighted by Gasteiger charge is -2.38. The molecule has 0 N–H and O–H groups in total. The van der Waals surface area contributed by atoms with Gasteiger partial charge in [-0.2, -0.15) is 0 Å². The molecule has 3 heterocycles. The summed E-state index contributed by atoms with van der Waals surface area (Å²) in [6.45, 7) is 1.67. The highest BCUT2D eigenvalue weighted by Crippen LogP contribution is 2.37. The Hall–Kier alpha value is -3.08. The summed E-state index contributed by atoms with van der Waals surface area (Å²) >= 11 is 0. The highest BCUT2D eigenvalue weighted by molar-refractivity contribution is 6.58. The third-order valence-corrected chi connectivity index (χ3v) is 6.60. The predicted octanol–water partition coefficient (Wildman–Crippen LogP) is 1.77. The Morgan fingerprint density at radius 3 is 2.59 bits per heavy atom. The summed E-state index contributed by atoms with van der Waals surface area (Å²) in [5.74, 6) is -1.19. The fourth-order valence-corrected chi connectivity index (χ4v) is 4.81. The molecule has 1 unspecified atom stereocenters. The van der Waals surface area contributed by atoms with Crippen molar-refractivity contribution in [1.82, 2.24) is 19.4 Å². The third-order valence-electron chi connectivity index (χ3n) is 6.60. The fourth-order valence-electron chi connectivity index (χ4n) is 4.81. The Balaban J connectivity index is 1.80. The zero-order valence-corrected chi connectivity index (χ0v) is 20.4. The van der Waals surface area contributed by atoms with E-state index in [-0.39, 0.29) is 49.4 Å². The van der Waals surface area contributed by atoms with Crippen molar-refractivity contribution in [3.05, 3.63) is 69.1 Å². The van der Waals surface area contributed by atoms with Crippen LogP contribution in [-0.4, -0.2) is 67.3 Å². The van der Waals surface area contributed by atoms with Gasteiger partial charge in [-0.05, 0) is 29.8 Å². The van der Waals surface area contributed by atoms with Gasteiger partial charge in [-0.25, -0.2) is 23.1 Å². The van der Waals surface area contributed by atoms with Crippen molar-refractivity contribution in [2.75, 3.05) is 13.1 Å². The SMILES string of the molecule is [B]C([B])([B])OC1(c2cc3c(CCc4cccc(C(F)F)c4F)ncnc3n(C)c2=O)CCN(C(C)=O)C1. The second-order valence-corrected chi connectivity index (χ2v) is 9.24. The number of aryl methyl sites for hydroxylation is 3. The Bertz CT molecular complexity index is 1410. The van der Waals surface area contributed by atoms with Crippen LogP contribution in [0.15, 0.2) is 35.4 Å². The molecule has 1 fully saturated rings. The predicted molar refractivity (Wildman–Crippen MR) is 133 cm³/mol. The number of ether oxygens (including phenoxy) is 1. The van der Waals surface area contributed by atoms with Crippen LogP contribution in [0.25, 0.3) is 11.0 Å². The minimum absolute atomic E-state index is 0.00884. The van der Waals surface area contributed by atoms with Gasteiger partial charge >= 0.3 is 0 Å². The maximum atomic E-state index is 14.6. The van der Waals surface area contributed by atoms with E-state index in [2.05, 4.69) is 9.97 Å². The molecule has 4 rings (SSSR count). The second-order valence-electron chi connectivity index (χ2n) is 9.24. The maximum Gasteiger partial charge on any atom is 0.266 e. The number of carbonyl (C=O) groups excluding carboxylic acids is 1. The first-order valence-electron chi connectivity index (χ1n) is 11.5. The van der Waals surface area contributed by atoms with Crippen LogP contribution >= 0.6 is 0 Å². The number of hydrogen-bond donors (Lipinski definition) is 0. The lowest BCUT2D eigenvalue weighted by atomic mass is 9.52. The summed E-state index contributed by atoms with van der Waals surface area (Å²) in [6, 6.07) is 5.41. The van der Waals surface area contributed by atoms with Gasteiger partial charge in [-0.3, -0.25) is 14.2 Å². The van der Waals surface area contributed by atoms with E-state index in [9.17, 15) is 22.8 Å². The lowest BCUT2D eigenvalue weighted by Crippen LogP contribution is -2.49. The molecule has 1 saturated heterocycles. The largest absolute Gasteiger partial charge is 0.390 e. The number of amides is 1. The molecule has 0 saturated carbocycles. The highest BCUT2D eigenvalue weighted by Gasteiger charge is 2.46. The molecule has 0 spiro atoms. The normalized spacial score (nSPS) is 18.2. The molecule has 3 aromatic rings. The molecule has 186 valence electrons. The molecule has 0 aliphatic carbocycles. The van der Waals surface area contributed by atoms with Gasteiger partial charge in [-0.15, -0.1) is 0 Å². The molecular weight excluding hydrogens is 482 g/mol. The minimum Gasteiger partial charge on any atom is -0.390 e. The molecule has 0 bridgehead atoms. The van der Waals surface area contributed by atoms with Crippen LogP contribution in [-0.2, 0) is 35.0 Å². The van der Waals surface area contributed by atoms with Crippen molar-refractivity contribution >= 4 is 40.5 Å². The monoisotopic (exact) mass is 504 g/mol. The minimum atomic E-state index is -2.94. The summed E-state index contributed by atoms with van der Waals surface area (Å²) in [5, 5.41) is -1.64. The van der Waals surface area contributed by atoms with Gasteiger partial charge in [0.1, 0.15) is 23.4 Å². The van der Waals surface area contributed by atoms with Crippen molar-refractivity contribution in [2.45, 2.75) is 43.5 Å². The number of rotatable bonds is 7. The lowest BCUT2D eigenvalue weighted by molar-refractivity contribution is -0.129.